The molecule has 0 radical (unpaired) electrons. The highest BCUT2D eigenvalue weighted by atomic mass is 15.1. The molecule has 0 aliphatic carbocycles. The molecule has 1 saturated heterocycles. The van der Waals surface area contributed by atoms with Crippen LogP contribution in [0.1, 0.15) is 52.4 Å². The van der Waals surface area contributed by atoms with Crippen LogP contribution in [0.4, 0.5) is 0 Å². The van der Waals surface area contributed by atoms with E-state index in [2.05, 4.69) is 24.1 Å². The number of piperidine rings is 1. The lowest BCUT2D eigenvalue weighted by atomic mass is 10.00. The van der Waals surface area contributed by atoms with Crippen molar-refractivity contribution >= 4 is 0 Å². The second-order valence-corrected chi connectivity index (χ2v) is 4.67. The van der Waals surface area contributed by atoms with Crippen LogP contribution >= 0.6 is 0 Å². The van der Waals surface area contributed by atoms with Gasteiger partial charge in [0.2, 0.25) is 0 Å². The molecule has 90 valence electrons. The van der Waals surface area contributed by atoms with E-state index in [4.69, 9.17) is 0 Å². The third kappa shape index (κ3) is 5.53. The first kappa shape index (κ1) is 13.0. The standard InChI is InChI=1S/C13H28N2/c1-3-15(4-2)12-8-6-10-13-9-5-7-11-14-13/h13-14H,3-12H2,1-2H3. The molecule has 0 saturated carbocycles. The highest BCUT2D eigenvalue weighted by Gasteiger charge is 2.11. The summed E-state index contributed by atoms with van der Waals surface area (Å²) in [6, 6.07) is 0.829. The van der Waals surface area contributed by atoms with E-state index >= 15 is 0 Å². The quantitative estimate of drug-likeness (QED) is 0.653. The summed E-state index contributed by atoms with van der Waals surface area (Å²) >= 11 is 0. The van der Waals surface area contributed by atoms with Crippen LogP contribution in [0.25, 0.3) is 0 Å². The zero-order valence-corrected chi connectivity index (χ0v) is 10.6. The van der Waals surface area contributed by atoms with Crippen molar-refractivity contribution in [1.82, 2.24) is 10.2 Å². The molecule has 0 amide bonds. The summed E-state index contributed by atoms with van der Waals surface area (Å²) < 4.78 is 0. The average molecular weight is 212 g/mol. The van der Waals surface area contributed by atoms with Crippen molar-refractivity contribution in [1.29, 1.82) is 0 Å². The Bertz CT molecular complexity index is 137. The topological polar surface area (TPSA) is 15.3 Å². The Hall–Kier alpha value is -0.0800. The van der Waals surface area contributed by atoms with Gasteiger partial charge in [-0.3, -0.25) is 0 Å². The van der Waals surface area contributed by atoms with Crippen molar-refractivity contribution in [3.05, 3.63) is 0 Å². The smallest absolute Gasteiger partial charge is 0.00670 e. The maximum Gasteiger partial charge on any atom is 0.00670 e. The van der Waals surface area contributed by atoms with Gasteiger partial charge in [0.25, 0.3) is 0 Å². The Labute approximate surface area is 95.4 Å². The highest BCUT2D eigenvalue weighted by Crippen LogP contribution is 2.12. The first-order valence-electron chi connectivity index (χ1n) is 6.82. The van der Waals surface area contributed by atoms with E-state index in [0.29, 0.717) is 0 Å². The summed E-state index contributed by atoms with van der Waals surface area (Å²) in [5, 5.41) is 3.62. The lowest BCUT2D eigenvalue weighted by molar-refractivity contribution is 0.288. The number of unbranched alkanes of at least 4 members (excludes halogenated alkanes) is 1. The SMILES string of the molecule is CCN(CC)CCCCC1CCCCN1. The first-order valence-corrected chi connectivity index (χ1v) is 6.82. The second kappa shape index (κ2) is 8.12. The molecule has 1 aliphatic rings. The summed E-state index contributed by atoms with van der Waals surface area (Å²) in [6.07, 6.45) is 8.39. The van der Waals surface area contributed by atoms with Gasteiger partial charge in [0.1, 0.15) is 0 Å². The Morgan fingerprint density at radius 3 is 2.53 bits per heavy atom. The lowest BCUT2D eigenvalue weighted by Crippen LogP contribution is -2.34. The van der Waals surface area contributed by atoms with Gasteiger partial charge in [0, 0.05) is 6.04 Å². The van der Waals surface area contributed by atoms with E-state index in [1.54, 1.807) is 0 Å². The number of hydrogen-bond donors (Lipinski definition) is 1. The fraction of sp³-hybridized carbons (Fsp3) is 1.00. The molecule has 1 unspecified atom stereocenters. The van der Waals surface area contributed by atoms with E-state index in [0.717, 1.165) is 6.04 Å². The fourth-order valence-electron chi connectivity index (χ4n) is 2.44. The van der Waals surface area contributed by atoms with Crippen molar-refractivity contribution in [3.63, 3.8) is 0 Å². The molecule has 15 heavy (non-hydrogen) atoms. The van der Waals surface area contributed by atoms with Gasteiger partial charge < -0.3 is 10.2 Å². The predicted octanol–water partition coefficient (Wildman–Crippen LogP) is 2.64. The number of hydrogen-bond acceptors (Lipinski definition) is 2. The van der Waals surface area contributed by atoms with Gasteiger partial charge in [0.05, 0.1) is 0 Å². The molecular weight excluding hydrogens is 184 g/mol. The van der Waals surface area contributed by atoms with Crippen LogP contribution in [0.5, 0.6) is 0 Å². The largest absolute Gasteiger partial charge is 0.314 e. The molecule has 1 fully saturated rings. The van der Waals surface area contributed by atoms with E-state index in [9.17, 15) is 0 Å². The van der Waals surface area contributed by atoms with Gasteiger partial charge in [-0.15, -0.1) is 0 Å². The van der Waals surface area contributed by atoms with E-state index in [1.165, 1.54) is 64.7 Å². The highest BCUT2D eigenvalue weighted by molar-refractivity contribution is 4.72. The fourth-order valence-corrected chi connectivity index (χ4v) is 2.44. The minimum absolute atomic E-state index is 0.829. The zero-order valence-electron chi connectivity index (χ0n) is 10.6. The van der Waals surface area contributed by atoms with E-state index in [1.807, 2.05) is 0 Å². The van der Waals surface area contributed by atoms with Crippen LogP contribution in [0.15, 0.2) is 0 Å². The van der Waals surface area contributed by atoms with Crippen LogP contribution in [-0.4, -0.2) is 37.1 Å². The Morgan fingerprint density at radius 2 is 1.93 bits per heavy atom. The number of nitrogens with one attached hydrogen (secondary N) is 1. The molecule has 2 heteroatoms. The molecule has 0 aromatic carbocycles. The molecule has 1 heterocycles. The summed E-state index contributed by atoms with van der Waals surface area (Å²) in [7, 11) is 0. The van der Waals surface area contributed by atoms with Gasteiger partial charge >= 0.3 is 0 Å². The van der Waals surface area contributed by atoms with Gasteiger partial charge in [-0.05, 0) is 51.9 Å². The van der Waals surface area contributed by atoms with Crippen LogP contribution in [-0.2, 0) is 0 Å². The lowest BCUT2D eigenvalue weighted by Gasteiger charge is -2.24. The maximum atomic E-state index is 3.62. The average Bonchev–Trinajstić information content (AvgIpc) is 2.31. The van der Waals surface area contributed by atoms with Crippen LogP contribution in [0.2, 0.25) is 0 Å². The molecular formula is C13H28N2. The van der Waals surface area contributed by atoms with Crippen molar-refractivity contribution in [2.75, 3.05) is 26.2 Å². The monoisotopic (exact) mass is 212 g/mol. The molecule has 0 aromatic rings. The Balaban J connectivity index is 1.95. The Kier molecular flexibility index (Phi) is 7.03. The zero-order chi connectivity index (χ0) is 10.9. The van der Waals surface area contributed by atoms with Crippen LogP contribution in [0.3, 0.4) is 0 Å². The second-order valence-electron chi connectivity index (χ2n) is 4.67. The van der Waals surface area contributed by atoms with Gasteiger partial charge in [-0.25, -0.2) is 0 Å². The van der Waals surface area contributed by atoms with E-state index in [-0.39, 0.29) is 0 Å². The Morgan fingerprint density at radius 1 is 1.13 bits per heavy atom. The molecule has 0 bridgehead atoms. The maximum absolute atomic E-state index is 3.62. The third-order valence-corrected chi connectivity index (χ3v) is 3.58. The normalized spacial score (nSPS) is 22.2. The van der Waals surface area contributed by atoms with Crippen molar-refractivity contribution in [2.45, 2.75) is 58.4 Å². The minimum Gasteiger partial charge on any atom is -0.314 e. The third-order valence-electron chi connectivity index (χ3n) is 3.58. The predicted molar refractivity (Wildman–Crippen MR) is 67.3 cm³/mol. The van der Waals surface area contributed by atoms with Crippen LogP contribution in [0, 0.1) is 0 Å². The van der Waals surface area contributed by atoms with Crippen LogP contribution < -0.4 is 5.32 Å². The van der Waals surface area contributed by atoms with Gasteiger partial charge in [-0.2, -0.15) is 0 Å². The van der Waals surface area contributed by atoms with Crippen molar-refractivity contribution in [2.24, 2.45) is 0 Å². The molecule has 1 atom stereocenters. The molecule has 0 aromatic heterocycles. The molecule has 1 aliphatic heterocycles. The van der Waals surface area contributed by atoms with Gasteiger partial charge in [-0.1, -0.05) is 26.7 Å². The molecule has 1 N–H and O–H groups in total. The van der Waals surface area contributed by atoms with E-state index < -0.39 is 0 Å². The molecule has 2 nitrogen and oxygen atoms in total. The molecule has 0 spiro atoms. The number of rotatable bonds is 7. The summed E-state index contributed by atoms with van der Waals surface area (Å²) in [6.45, 7) is 9.47. The molecule has 1 rings (SSSR count). The van der Waals surface area contributed by atoms with Gasteiger partial charge in [0.15, 0.2) is 0 Å². The minimum atomic E-state index is 0.829. The van der Waals surface area contributed by atoms with Crippen molar-refractivity contribution in [3.8, 4) is 0 Å². The summed E-state index contributed by atoms with van der Waals surface area (Å²) in [4.78, 5) is 2.52. The first-order chi connectivity index (χ1) is 7.36. The van der Waals surface area contributed by atoms with Crippen molar-refractivity contribution < 1.29 is 0 Å². The summed E-state index contributed by atoms with van der Waals surface area (Å²) in [5.74, 6) is 0. The number of nitrogens with zero attached hydrogens (tertiary/aromatic N) is 1. The summed E-state index contributed by atoms with van der Waals surface area (Å²) in [5.41, 5.74) is 0.